The van der Waals surface area contributed by atoms with Crippen molar-refractivity contribution in [2.75, 3.05) is 39.6 Å². The van der Waals surface area contributed by atoms with Crippen molar-refractivity contribution in [2.45, 2.75) is 6.42 Å². The van der Waals surface area contributed by atoms with Crippen LogP contribution in [-0.4, -0.2) is 44.7 Å². The molecule has 1 fully saturated rings. The van der Waals surface area contributed by atoms with Crippen LogP contribution in [0.1, 0.15) is 16.8 Å². The standard InChI is InChI=1S/C14H20N2O3/c1-18-9-10-5-6-16(8-10)14(17)12-4-3-11(15)7-13(12)19-2/h3-4,7,10H,5-6,8-9,15H2,1-2H3. The summed E-state index contributed by atoms with van der Waals surface area (Å²) in [5.74, 6) is 0.948. The van der Waals surface area contributed by atoms with E-state index in [0.717, 1.165) is 19.5 Å². The molecule has 2 rings (SSSR count). The third-order valence-corrected chi connectivity index (χ3v) is 3.43. The van der Waals surface area contributed by atoms with Crippen molar-refractivity contribution in [3.63, 3.8) is 0 Å². The Hall–Kier alpha value is -1.75. The van der Waals surface area contributed by atoms with Gasteiger partial charge in [-0.2, -0.15) is 0 Å². The lowest BCUT2D eigenvalue weighted by Gasteiger charge is -2.18. The zero-order valence-electron chi connectivity index (χ0n) is 11.4. The summed E-state index contributed by atoms with van der Waals surface area (Å²) in [6, 6.07) is 5.12. The van der Waals surface area contributed by atoms with E-state index in [1.54, 1.807) is 32.4 Å². The molecule has 1 unspecified atom stereocenters. The first-order valence-electron chi connectivity index (χ1n) is 6.37. The molecule has 1 aromatic rings. The average Bonchev–Trinajstić information content (AvgIpc) is 2.87. The molecule has 5 nitrogen and oxygen atoms in total. The van der Waals surface area contributed by atoms with Gasteiger partial charge in [0.25, 0.3) is 5.91 Å². The number of benzene rings is 1. The van der Waals surface area contributed by atoms with Crippen molar-refractivity contribution in [1.29, 1.82) is 0 Å². The van der Waals surface area contributed by atoms with E-state index in [0.29, 0.717) is 29.5 Å². The van der Waals surface area contributed by atoms with Gasteiger partial charge >= 0.3 is 0 Å². The number of nitrogens with two attached hydrogens (primary N) is 1. The van der Waals surface area contributed by atoms with Crippen LogP contribution < -0.4 is 10.5 Å². The number of carbonyl (C=O) groups is 1. The van der Waals surface area contributed by atoms with E-state index < -0.39 is 0 Å². The van der Waals surface area contributed by atoms with Crippen molar-refractivity contribution in [1.82, 2.24) is 4.90 Å². The molecule has 1 aromatic carbocycles. The molecule has 1 aliphatic heterocycles. The lowest BCUT2D eigenvalue weighted by molar-refractivity contribution is 0.0772. The first kappa shape index (κ1) is 13.7. The van der Waals surface area contributed by atoms with Crippen molar-refractivity contribution in [2.24, 2.45) is 5.92 Å². The van der Waals surface area contributed by atoms with Gasteiger partial charge in [-0.1, -0.05) is 0 Å². The number of nitrogens with zero attached hydrogens (tertiary/aromatic N) is 1. The van der Waals surface area contributed by atoms with Gasteiger partial charge in [0.2, 0.25) is 0 Å². The molecular weight excluding hydrogens is 244 g/mol. The van der Waals surface area contributed by atoms with Crippen LogP contribution in [0.5, 0.6) is 5.75 Å². The first-order chi connectivity index (χ1) is 9.15. The second-order valence-electron chi connectivity index (χ2n) is 4.82. The molecule has 1 saturated heterocycles. The SMILES string of the molecule is COCC1CCN(C(=O)c2ccc(N)cc2OC)C1. The Morgan fingerprint density at radius 1 is 1.47 bits per heavy atom. The number of anilines is 1. The number of ether oxygens (including phenoxy) is 2. The molecular formula is C14H20N2O3. The molecule has 2 N–H and O–H groups in total. The summed E-state index contributed by atoms with van der Waals surface area (Å²) in [5, 5.41) is 0. The van der Waals surface area contributed by atoms with E-state index >= 15 is 0 Å². The smallest absolute Gasteiger partial charge is 0.257 e. The van der Waals surface area contributed by atoms with E-state index in [1.807, 2.05) is 4.90 Å². The lowest BCUT2D eigenvalue weighted by Crippen LogP contribution is -2.29. The van der Waals surface area contributed by atoms with E-state index in [9.17, 15) is 4.79 Å². The highest BCUT2D eigenvalue weighted by molar-refractivity contribution is 5.97. The third-order valence-electron chi connectivity index (χ3n) is 3.43. The number of hydrogen-bond acceptors (Lipinski definition) is 4. The number of nitrogen functional groups attached to an aromatic ring is 1. The highest BCUT2D eigenvalue weighted by Crippen LogP contribution is 2.25. The summed E-state index contributed by atoms with van der Waals surface area (Å²) in [5.41, 5.74) is 6.85. The van der Waals surface area contributed by atoms with Crippen LogP contribution in [-0.2, 0) is 4.74 Å². The van der Waals surface area contributed by atoms with E-state index in [-0.39, 0.29) is 5.91 Å². The summed E-state index contributed by atoms with van der Waals surface area (Å²) >= 11 is 0. The van der Waals surface area contributed by atoms with Crippen LogP contribution in [0.15, 0.2) is 18.2 Å². The Morgan fingerprint density at radius 2 is 2.26 bits per heavy atom. The molecule has 0 saturated carbocycles. The summed E-state index contributed by atoms with van der Waals surface area (Å²) < 4.78 is 10.4. The van der Waals surface area contributed by atoms with Crippen LogP contribution in [0.2, 0.25) is 0 Å². The van der Waals surface area contributed by atoms with Crippen LogP contribution in [0, 0.1) is 5.92 Å². The average molecular weight is 264 g/mol. The van der Waals surface area contributed by atoms with Gasteiger partial charge < -0.3 is 20.1 Å². The van der Waals surface area contributed by atoms with Crippen LogP contribution in [0.4, 0.5) is 5.69 Å². The van der Waals surface area contributed by atoms with Gasteiger partial charge in [-0.25, -0.2) is 0 Å². The monoisotopic (exact) mass is 264 g/mol. The maximum Gasteiger partial charge on any atom is 0.257 e. The fourth-order valence-electron chi connectivity index (χ4n) is 2.44. The Kier molecular flexibility index (Phi) is 4.27. The Bertz CT molecular complexity index is 462. The van der Waals surface area contributed by atoms with Crippen molar-refractivity contribution >= 4 is 11.6 Å². The molecule has 5 heteroatoms. The largest absolute Gasteiger partial charge is 0.496 e. The molecule has 1 aliphatic rings. The maximum absolute atomic E-state index is 12.5. The van der Waals surface area contributed by atoms with Gasteiger partial charge in [0.1, 0.15) is 5.75 Å². The summed E-state index contributed by atoms with van der Waals surface area (Å²) in [6.45, 7) is 2.20. The van der Waals surface area contributed by atoms with Gasteiger partial charge in [0.15, 0.2) is 0 Å². The maximum atomic E-state index is 12.5. The number of rotatable bonds is 4. The predicted octanol–water partition coefficient (Wildman–Crippen LogP) is 1.39. The van der Waals surface area contributed by atoms with Crippen molar-refractivity contribution in [3.8, 4) is 5.75 Å². The Morgan fingerprint density at radius 3 is 2.95 bits per heavy atom. The molecule has 0 aliphatic carbocycles. The minimum absolute atomic E-state index is 0.00421. The van der Waals surface area contributed by atoms with Gasteiger partial charge in [0.05, 0.1) is 19.3 Å². The quantitative estimate of drug-likeness (QED) is 0.835. The van der Waals surface area contributed by atoms with Crippen LogP contribution >= 0.6 is 0 Å². The molecule has 19 heavy (non-hydrogen) atoms. The fourth-order valence-corrected chi connectivity index (χ4v) is 2.44. The summed E-state index contributed by atoms with van der Waals surface area (Å²) in [4.78, 5) is 14.3. The number of likely N-dealkylation sites (tertiary alicyclic amines) is 1. The summed E-state index contributed by atoms with van der Waals surface area (Å²) in [7, 11) is 3.23. The summed E-state index contributed by atoms with van der Waals surface area (Å²) in [6.07, 6.45) is 0.983. The minimum Gasteiger partial charge on any atom is -0.496 e. The lowest BCUT2D eigenvalue weighted by atomic mass is 10.1. The van der Waals surface area contributed by atoms with Gasteiger partial charge in [-0.05, 0) is 18.6 Å². The topological polar surface area (TPSA) is 64.8 Å². The Balaban J connectivity index is 2.12. The second-order valence-corrected chi connectivity index (χ2v) is 4.82. The molecule has 1 atom stereocenters. The molecule has 104 valence electrons. The molecule has 1 heterocycles. The number of carbonyl (C=O) groups excluding carboxylic acids is 1. The molecule has 0 spiro atoms. The Labute approximate surface area is 113 Å². The van der Waals surface area contributed by atoms with Crippen molar-refractivity contribution < 1.29 is 14.3 Å². The van der Waals surface area contributed by atoms with Crippen LogP contribution in [0.25, 0.3) is 0 Å². The predicted molar refractivity (Wildman–Crippen MR) is 73.3 cm³/mol. The van der Waals surface area contributed by atoms with E-state index in [4.69, 9.17) is 15.2 Å². The zero-order chi connectivity index (χ0) is 13.8. The van der Waals surface area contributed by atoms with E-state index in [2.05, 4.69) is 0 Å². The first-order valence-corrected chi connectivity index (χ1v) is 6.37. The minimum atomic E-state index is -0.00421. The number of amides is 1. The van der Waals surface area contributed by atoms with Crippen molar-refractivity contribution in [3.05, 3.63) is 23.8 Å². The molecule has 0 bridgehead atoms. The van der Waals surface area contributed by atoms with E-state index in [1.165, 1.54) is 0 Å². The zero-order valence-corrected chi connectivity index (χ0v) is 11.4. The normalized spacial score (nSPS) is 18.6. The second kappa shape index (κ2) is 5.93. The fraction of sp³-hybridized carbons (Fsp3) is 0.500. The number of hydrogen-bond donors (Lipinski definition) is 1. The molecule has 0 aromatic heterocycles. The number of methoxy groups -OCH3 is 2. The highest BCUT2D eigenvalue weighted by atomic mass is 16.5. The highest BCUT2D eigenvalue weighted by Gasteiger charge is 2.28. The van der Waals surface area contributed by atoms with Gasteiger partial charge in [-0.15, -0.1) is 0 Å². The van der Waals surface area contributed by atoms with Gasteiger partial charge in [-0.3, -0.25) is 4.79 Å². The molecule has 0 radical (unpaired) electrons. The third kappa shape index (κ3) is 2.98. The van der Waals surface area contributed by atoms with Crippen LogP contribution in [0.3, 0.4) is 0 Å². The molecule has 1 amide bonds. The van der Waals surface area contributed by atoms with Gasteiger partial charge in [0, 0.05) is 37.9 Å².